The molecule has 7 heteroatoms. The standard InChI is InChI=1S/C23H20N4O3/c1-29-20-11-17(13-26-22(20)24)18-12-19(27-21(18)15-7-9-25-10-8-15)14-3-5-16(6-4-14)23(28)30-2/h3-11,13H,12H2,1-2H3,(H2,24,26). The molecule has 2 N–H and O–H groups in total. The lowest BCUT2D eigenvalue weighted by atomic mass is 9.97. The Kier molecular flexibility index (Phi) is 5.26. The number of methoxy groups -OCH3 is 2. The summed E-state index contributed by atoms with van der Waals surface area (Å²) in [6.07, 6.45) is 5.80. The molecule has 0 spiro atoms. The summed E-state index contributed by atoms with van der Waals surface area (Å²) in [6, 6.07) is 12.9. The number of nitrogen functional groups attached to an aromatic ring is 1. The SMILES string of the molecule is COC(=O)c1ccc(C2=NC(c3ccncc3)=C(c3cnc(N)c(OC)c3)C2)cc1. The number of carbonyl (C=O) groups excluding carboxylic acids is 1. The first-order valence-electron chi connectivity index (χ1n) is 9.30. The second-order valence-corrected chi connectivity index (χ2v) is 6.68. The Labute approximate surface area is 173 Å². The molecule has 1 aromatic carbocycles. The molecule has 0 bridgehead atoms. The number of allylic oxidation sites excluding steroid dienone is 1. The van der Waals surface area contributed by atoms with E-state index in [1.165, 1.54) is 7.11 Å². The van der Waals surface area contributed by atoms with Gasteiger partial charge in [0.25, 0.3) is 0 Å². The van der Waals surface area contributed by atoms with Gasteiger partial charge in [-0.25, -0.2) is 9.78 Å². The monoisotopic (exact) mass is 400 g/mol. The number of anilines is 1. The van der Waals surface area contributed by atoms with Gasteiger partial charge < -0.3 is 15.2 Å². The van der Waals surface area contributed by atoms with Gasteiger partial charge in [-0.15, -0.1) is 0 Å². The number of hydrogen-bond donors (Lipinski definition) is 1. The van der Waals surface area contributed by atoms with Crippen LogP contribution in [0.5, 0.6) is 5.75 Å². The molecule has 3 aromatic rings. The molecule has 2 aromatic heterocycles. The van der Waals surface area contributed by atoms with Gasteiger partial charge in [0.05, 0.1) is 31.2 Å². The highest BCUT2D eigenvalue weighted by atomic mass is 16.5. The van der Waals surface area contributed by atoms with Crippen LogP contribution in [0.4, 0.5) is 5.82 Å². The summed E-state index contributed by atoms with van der Waals surface area (Å²) in [5.41, 5.74) is 11.9. The van der Waals surface area contributed by atoms with Gasteiger partial charge >= 0.3 is 5.97 Å². The molecule has 3 heterocycles. The van der Waals surface area contributed by atoms with Crippen molar-refractivity contribution in [2.45, 2.75) is 6.42 Å². The molecule has 0 saturated heterocycles. The van der Waals surface area contributed by atoms with Crippen molar-refractivity contribution in [3.63, 3.8) is 0 Å². The number of hydrogen-bond acceptors (Lipinski definition) is 7. The van der Waals surface area contributed by atoms with Crippen molar-refractivity contribution in [2.24, 2.45) is 4.99 Å². The van der Waals surface area contributed by atoms with Gasteiger partial charge in [0.2, 0.25) is 0 Å². The van der Waals surface area contributed by atoms with Gasteiger partial charge in [-0.1, -0.05) is 12.1 Å². The van der Waals surface area contributed by atoms with Crippen LogP contribution in [-0.4, -0.2) is 35.9 Å². The summed E-state index contributed by atoms with van der Waals surface area (Å²) >= 11 is 0. The Hall–Kier alpha value is -4.00. The van der Waals surface area contributed by atoms with Crippen LogP contribution in [0, 0.1) is 0 Å². The highest BCUT2D eigenvalue weighted by molar-refractivity contribution is 6.17. The molecule has 7 nitrogen and oxygen atoms in total. The number of carbonyl (C=O) groups is 1. The largest absolute Gasteiger partial charge is 0.493 e. The normalized spacial score (nSPS) is 13.2. The summed E-state index contributed by atoms with van der Waals surface area (Å²) in [5.74, 6) is 0.487. The van der Waals surface area contributed by atoms with Gasteiger partial charge in [0.15, 0.2) is 11.6 Å². The molecule has 30 heavy (non-hydrogen) atoms. The number of aliphatic imine (C=N–C) groups is 1. The molecule has 0 atom stereocenters. The summed E-state index contributed by atoms with van der Waals surface area (Å²) in [5, 5.41) is 0. The second kappa shape index (κ2) is 8.16. The molecule has 0 amide bonds. The van der Waals surface area contributed by atoms with Gasteiger partial charge in [0.1, 0.15) is 0 Å². The molecular weight excluding hydrogens is 380 g/mol. The second-order valence-electron chi connectivity index (χ2n) is 6.68. The van der Waals surface area contributed by atoms with Gasteiger partial charge in [-0.3, -0.25) is 9.98 Å². The van der Waals surface area contributed by atoms with E-state index in [1.54, 1.807) is 37.8 Å². The molecule has 4 rings (SSSR count). The maximum Gasteiger partial charge on any atom is 0.337 e. The highest BCUT2D eigenvalue weighted by Crippen LogP contribution is 2.38. The van der Waals surface area contributed by atoms with Gasteiger partial charge in [-0.2, -0.15) is 0 Å². The predicted octanol–water partition coefficient (Wildman–Crippen LogP) is 3.62. The van der Waals surface area contributed by atoms with E-state index in [4.69, 9.17) is 20.2 Å². The van der Waals surface area contributed by atoms with Crippen molar-refractivity contribution in [3.05, 3.63) is 83.3 Å². The van der Waals surface area contributed by atoms with E-state index in [2.05, 4.69) is 9.97 Å². The van der Waals surface area contributed by atoms with Crippen molar-refractivity contribution in [1.82, 2.24) is 9.97 Å². The quantitative estimate of drug-likeness (QED) is 0.657. The van der Waals surface area contributed by atoms with E-state index in [-0.39, 0.29) is 5.97 Å². The maximum absolute atomic E-state index is 11.7. The Morgan fingerprint density at radius 1 is 1.00 bits per heavy atom. The fourth-order valence-corrected chi connectivity index (χ4v) is 3.35. The van der Waals surface area contributed by atoms with Gasteiger partial charge in [0, 0.05) is 36.1 Å². The third-order valence-electron chi connectivity index (χ3n) is 4.92. The molecule has 0 saturated carbocycles. The zero-order valence-electron chi connectivity index (χ0n) is 16.6. The summed E-state index contributed by atoms with van der Waals surface area (Å²) in [7, 11) is 2.93. The molecule has 0 fully saturated rings. The number of benzene rings is 1. The molecule has 0 unspecified atom stereocenters. The minimum absolute atomic E-state index is 0.338. The van der Waals surface area contributed by atoms with Crippen LogP contribution in [-0.2, 0) is 4.74 Å². The van der Waals surface area contributed by atoms with Crippen molar-refractivity contribution in [1.29, 1.82) is 0 Å². The average Bonchev–Trinajstić information content (AvgIpc) is 3.25. The Morgan fingerprint density at radius 3 is 2.40 bits per heavy atom. The lowest BCUT2D eigenvalue weighted by Gasteiger charge is -2.10. The average molecular weight is 400 g/mol. The third-order valence-corrected chi connectivity index (χ3v) is 4.92. The summed E-state index contributed by atoms with van der Waals surface area (Å²) < 4.78 is 10.1. The number of ether oxygens (including phenoxy) is 2. The number of pyridine rings is 2. The molecule has 150 valence electrons. The number of nitrogens with two attached hydrogens (primary N) is 1. The van der Waals surface area contributed by atoms with Crippen LogP contribution in [0.2, 0.25) is 0 Å². The fraction of sp³-hybridized carbons (Fsp3) is 0.130. The first-order valence-corrected chi connectivity index (χ1v) is 9.30. The van der Waals surface area contributed by atoms with Crippen LogP contribution in [0.3, 0.4) is 0 Å². The minimum Gasteiger partial charge on any atom is -0.493 e. The van der Waals surface area contributed by atoms with Crippen LogP contribution in [0.1, 0.15) is 33.5 Å². The summed E-state index contributed by atoms with van der Waals surface area (Å²) in [4.78, 5) is 25.0. The van der Waals surface area contributed by atoms with Gasteiger partial charge in [-0.05, 0) is 41.5 Å². The molecular formula is C23H20N4O3. The number of nitrogens with zero attached hydrogens (tertiary/aromatic N) is 3. The zero-order valence-corrected chi connectivity index (χ0v) is 16.6. The first-order chi connectivity index (χ1) is 14.6. The van der Waals surface area contributed by atoms with E-state index >= 15 is 0 Å². The van der Waals surface area contributed by atoms with E-state index in [1.807, 2.05) is 30.3 Å². The molecule has 0 radical (unpaired) electrons. The van der Waals surface area contributed by atoms with Crippen molar-refractivity contribution in [2.75, 3.05) is 20.0 Å². The lowest BCUT2D eigenvalue weighted by molar-refractivity contribution is 0.0600. The fourth-order valence-electron chi connectivity index (χ4n) is 3.35. The first kappa shape index (κ1) is 19.3. The van der Waals surface area contributed by atoms with Crippen LogP contribution in [0.25, 0.3) is 11.3 Å². The topological polar surface area (TPSA) is 99.7 Å². The molecule has 0 aliphatic carbocycles. The van der Waals surface area contributed by atoms with E-state index in [0.717, 1.165) is 33.7 Å². The van der Waals surface area contributed by atoms with E-state index in [9.17, 15) is 4.79 Å². The van der Waals surface area contributed by atoms with Crippen molar-refractivity contribution >= 4 is 28.8 Å². The minimum atomic E-state index is -0.369. The Bertz CT molecular complexity index is 1150. The van der Waals surface area contributed by atoms with Crippen molar-refractivity contribution in [3.8, 4) is 5.75 Å². The van der Waals surface area contributed by atoms with Crippen molar-refractivity contribution < 1.29 is 14.3 Å². The van der Waals surface area contributed by atoms with E-state index < -0.39 is 0 Å². The van der Waals surface area contributed by atoms with Crippen LogP contribution < -0.4 is 10.5 Å². The Balaban J connectivity index is 1.75. The third kappa shape index (κ3) is 3.65. The number of rotatable bonds is 5. The molecule has 1 aliphatic rings. The molecule has 1 aliphatic heterocycles. The predicted molar refractivity (Wildman–Crippen MR) is 115 cm³/mol. The van der Waals surface area contributed by atoms with Crippen LogP contribution >= 0.6 is 0 Å². The zero-order chi connectivity index (χ0) is 21.1. The summed E-state index contributed by atoms with van der Waals surface area (Å²) in [6.45, 7) is 0. The van der Waals surface area contributed by atoms with E-state index in [0.29, 0.717) is 23.6 Å². The highest BCUT2D eigenvalue weighted by Gasteiger charge is 2.23. The lowest BCUT2D eigenvalue weighted by Crippen LogP contribution is -2.03. The smallest absolute Gasteiger partial charge is 0.337 e. The Morgan fingerprint density at radius 2 is 1.73 bits per heavy atom. The number of esters is 1. The maximum atomic E-state index is 11.7. The number of aromatic nitrogens is 2. The van der Waals surface area contributed by atoms with Crippen LogP contribution in [0.15, 0.2) is 66.0 Å².